The summed E-state index contributed by atoms with van der Waals surface area (Å²) in [4.78, 5) is 0. The fourth-order valence-electron chi connectivity index (χ4n) is 3.68. The molecular formula is C24H19BrN2O3. The molecule has 0 fully saturated rings. The highest BCUT2D eigenvalue weighted by Gasteiger charge is 2.32. The van der Waals surface area contributed by atoms with Gasteiger partial charge in [0.05, 0.1) is 17.5 Å². The minimum absolute atomic E-state index is 0.104. The number of methoxy groups -OCH3 is 1. The number of fused-ring (bicyclic) bond motifs is 2. The van der Waals surface area contributed by atoms with Gasteiger partial charge in [-0.3, -0.25) is 0 Å². The van der Waals surface area contributed by atoms with E-state index in [0.717, 1.165) is 21.9 Å². The van der Waals surface area contributed by atoms with E-state index in [2.05, 4.69) is 28.6 Å². The van der Waals surface area contributed by atoms with Crippen LogP contribution < -0.4 is 19.9 Å². The maximum absolute atomic E-state index is 9.85. The van der Waals surface area contributed by atoms with Crippen LogP contribution in [0.2, 0.25) is 0 Å². The lowest BCUT2D eigenvalue weighted by atomic mass is 9.82. The van der Waals surface area contributed by atoms with Gasteiger partial charge in [0.1, 0.15) is 24.0 Å². The van der Waals surface area contributed by atoms with E-state index in [9.17, 15) is 5.26 Å². The summed E-state index contributed by atoms with van der Waals surface area (Å²) in [5.41, 5.74) is 8.20. The predicted molar refractivity (Wildman–Crippen MR) is 120 cm³/mol. The molecule has 0 aromatic heterocycles. The average Bonchev–Trinajstić information content (AvgIpc) is 2.75. The van der Waals surface area contributed by atoms with E-state index in [4.69, 9.17) is 19.9 Å². The number of allylic oxidation sites excluding steroid dienone is 1. The van der Waals surface area contributed by atoms with E-state index in [1.165, 1.54) is 0 Å². The van der Waals surface area contributed by atoms with Gasteiger partial charge in [-0.1, -0.05) is 36.9 Å². The molecule has 3 aromatic carbocycles. The van der Waals surface area contributed by atoms with Crippen LogP contribution in [0, 0.1) is 11.3 Å². The molecule has 150 valence electrons. The summed E-state index contributed by atoms with van der Waals surface area (Å²) in [6, 6.07) is 18.0. The van der Waals surface area contributed by atoms with Gasteiger partial charge < -0.3 is 19.9 Å². The van der Waals surface area contributed by atoms with Crippen molar-refractivity contribution >= 4 is 26.7 Å². The SMILES string of the molecule is C=CCOc1c(Br)cc(C2C(C#N)=C(N)Oc3cc4ccccc4cc32)cc1OC. The van der Waals surface area contributed by atoms with Crippen LogP contribution in [0.5, 0.6) is 17.2 Å². The summed E-state index contributed by atoms with van der Waals surface area (Å²) in [5, 5.41) is 11.9. The van der Waals surface area contributed by atoms with E-state index in [1.54, 1.807) is 13.2 Å². The molecule has 0 aliphatic carbocycles. The van der Waals surface area contributed by atoms with Crippen molar-refractivity contribution in [1.29, 1.82) is 5.26 Å². The Morgan fingerprint density at radius 1 is 1.23 bits per heavy atom. The van der Waals surface area contributed by atoms with Gasteiger partial charge in [-0.05, 0) is 56.5 Å². The van der Waals surface area contributed by atoms with Crippen molar-refractivity contribution in [3.8, 4) is 23.3 Å². The van der Waals surface area contributed by atoms with Gasteiger partial charge in [-0.15, -0.1) is 0 Å². The second-order valence-corrected chi connectivity index (χ2v) is 7.65. The van der Waals surface area contributed by atoms with Gasteiger partial charge in [-0.2, -0.15) is 5.26 Å². The molecule has 1 heterocycles. The molecule has 0 saturated carbocycles. The predicted octanol–water partition coefficient (Wildman–Crippen LogP) is 5.39. The number of ether oxygens (including phenoxy) is 3. The Bertz CT molecular complexity index is 1230. The van der Waals surface area contributed by atoms with Crippen LogP contribution in [0.3, 0.4) is 0 Å². The number of benzene rings is 3. The van der Waals surface area contributed by atoms with Crippen LogP contribution in [0.25, 0.3) is 10.8 Å². The van der Waals surface area contributed by atoms with Crippen LogP contribution in [-0.4, -0.2) is 13.7 Å². The second kappa shape index (κ2) is 8.13. The Kier molecular flexibility index (Phi) is 5.39. The monoisotopic (exact) mass is 462 g/mol. The molecule has 2 N–H and O–H groups in total. The van der Waals surface area contributed by atoms with E-state index in [-0.39, 0.29) is 5.88 Å². The van der Waals surface area contributed by atoms with Gasteiger partial charge >= 0.3 is 0 Å². The molecule has 1 unspecified atom stereocenters. The van der Waals surface area contributed by atoms with Crippen molar-refractivity contribution in [3.05, 3.63) is 88.2 Å². The lowest BCUT2D eigenvalue weighted by molar-refractivity contribution is 0.324. The lowest BCUT2D eigenvalue weighted by Gasteiger charge is -2.27. The number of nitriles is 1. The number of hydrogen-bond donors (Lipinski definition) is 1. The lowest BCUT2D eigenvalue weighted by Crippen LogP contribution is -2.21. The second-order valence-electron chi connectivity index (χ2n) is 6.80. The first-order valence-corrected chi connectivity index (χ1v) is 10.1. The molecule has 0 spiro atoms. The summed E-state index contributed by atoms with van der Waals surface area (Å²) in [6.45, 7) is 4.02. The molecule has 0 amide bonds. The van der Waals surface area contributed by atoms with Crippen LogP contribution in [-0.2, 0) is 0 Å². The topological polar surface area (TPSA) is 77.5 Å². The first kappa shape index (κ1) is 19.9. The number of hydrogen-bond acceptors (Lipinski definition) is 5. The van der Waals surface area contributed by atoms with Crippen molar-refractivity contribution < 1.29 is 14.2 Å². The molecule has 1 aliphatic heterocycles. The summed E-state index contributed by atoms with van der Waals surface area (Å²) in [5.74, 6) is 1.46. The third-order valence-electron chi connectivity index (χ3n) is 5.01. The normalized spacial score (nSPS) is 15.2. The molecule has 0 radical (unpaired) electrons. The van der Waals surface area contributed by atoms with Gasteiger partial charge in [-0.25, -0.2) is 0 Å². The van der Waals surface area contributed by atoms with Crippen LogP contribution in [0.1, 0.15) is 17.0 Å². The highest BCUT2D eigenvalue weighted by atomic mass is 79.9. The maximum Gasteiger partial charge on any atom is 0.205 e. The Morgan fingerprint density at radius 3 is 2.63 bits per heavy atom. The number of nitrogens with zero attached hydrogens (tertiary/aromatic N) is 1. The molecule has 1 atom stereocenters. The highest BCUT2D eigenvalue weighted by Crippen LogP contribution is 2.47. The Hall–Kier alpha value is -3.43. The van der Waals surface area contributed by atoms with Gasteiger partial charge in [0, 0.05) is 5.56 Å². The van der Waals surface area contributed by atoms with Crippen LogP contribution >= 0.6 is 15.9 Å². The maximum atomic E-state index is 9.85. The van der Waals surface area contributed by atoms with E-state index < -0.39 is 5.92 Å². The molecule has 1 aliphatic rings. The van der Waals surface area contributed by atoms with Crippen molar-refractivity contribution in [2.24, 2.45) is 5.73 Å². The molecule has 0 bridgehead atoms. The average molecular weight is 463 g/mol. The van der Waals surface area contributed by atoms with Gasteiger partial charge in [0.15, 0.2) is 11.5 Å². The largest absolute Gasteiger partial charge is 0.493 e. The molecule has 0 saturated heterocycles. The van der Waals surface area contributed by atoms with Crippen molar-refractivity contribution in [2.75, 3.05) is 13.7 Å². The fourth-order valence-corrected chi connectivity index (χ4v) is 4.25. The molecule has 30 heavy (non-hydrogen) atoms. The third kappa shape index (κ3) is 3.38. The molecule has 6 heteroatoms. The van der Waals surface area contributed by atoms with E-state index in [0.29, 0.717) is 33.9 Å². The summed E-state index contributed by atoms with van der Waals surface area (Å²) < 4.78 is 17.8. The molecule has 4 rings (SSSR count). The zero-order valence-electron chi connectivity index (χ0n) is 16.3. The van der Waals surface area contributed by atoms with E-state index in [1.807, 2.05) is 48.5 Å². The number of nitrogens with two attached hydrogens (primary N) is 1. The first-order chi connectivity index (χ1) is 14.6. The van der Waals surface area contributed by atoms with Crippen LogP contribution in [0.15, 0.2) is 77.1 Å². The minimum atomic E-state index is -0.401. The Morgan fingerprint density at radius 2 is 1.97 bits per heavy atom. The number of rotatable bonds is 5. The number of halogens is 1. The van der Waals surface area contributed by atoms with Gasteiger partial charge in [0.25, 0.3) is 0 Å². The summed E-state index contributed by atoms with van der Waals surface area (Å²) >= 11 is 3.57. The zero-order valence-corrected chi connectivity index (χ0v) is 17.9. The standard InChI is InChI=1S/C24H19BrN2O3/c1-3-8-29-23-19(25)10-16(12-21(23)28-2)22-17-9-14-6-4-5-7-15(14)11-20(17)30-24(27)18(22)13-26/h3-7,9-12,22H,1,8,27H2,2H3. The van der Waals surface area contributed by atoms with Crippen molar-refractivity contribution in [3.63, 3.8) is 0 Å². The van der Waals surface area contributed by atoms with Crippen molar-refractivity contribution in [2.45, 2.75) is 5.92 Å². The Balaban J connectivity index is 1.93. The Labute approximate surface area is 183 Å². The smallest absolute Gasteiger partial charge is 0.205 e. The minimum Gasteiger partial charge on any atom is -0.493 e. The fraction of sp³-hybridized carbons (Fsp3) is 0.125. The molecule has 3 aromatic rings. The summed E-state index contributed by atoms with van der Waals surface area (Å²) in [6.07, 6.45) is 1.66. The highest BCUT2D eigenvalue weighted by molar-refractivity contribution is 9.10. The molecular weight excluding hydrogens is 444 g/mol. The van der Waals surface area contributed by atoms with Crippen LogP contribution in [0.4, 0.5) is 0 Å². The van der Waals surface area contributed by atoms with Gasteiger partial charge in [0.2, 0.25) is 5.88 Å². The van der Waals surface area contributed by atoms with E-state index >= 15 is 0 Å². The quantitative estimate of drug-likeness (QED) is 0.513. The molecule has 5 nitrogen and oxygen atoms in total. The van der Waals surface area contributed by atoms with Crippen molar-refractivity contribution in [1.82, 2.24) is 0 Å². The zero-order chi connectivity index (χ0) is 21.3. The summed E-state index contributed by atoms with van der Waals surface area (Å²) in [7, 11) is 1.58. The third-order valence-corrected chi connectivity index (χ3v) is 5.60. The first-order valence-electron chi connectivity index (χ1n) is 9.28.